The van der Waals surface area contributed by atoms with Crippen molar-refractivity contribution in [2.24, 2.45) is 0 Å². The molecule has 0 saturated heterocycles. The van der Waals surface area contributed by atoms with E-state index in [1.165, 1.54) is 18.4 Å². The van der Waals surface area contributed by atoms with E-state index in [9.17, 15) is 4.79 Å². The van der Waals surface area contributed by atoms with Gasteiger partial charge in [0.15, 0.2) is 0 Å². The third-order valence-electron chi connectivity index (χ3n) is 4.15. The molecule has 0 aromatic heterocycles. The molecule has 0 bridgehead atoms. The Morgan fingerprint density at radius 3 is 2.43 bits per heavy atom. The molecule has 23 heavy (non-hydrogen) atoms. The Bertz CT molecular complexity index is 534. The smallest absolute Gasteiger partial charge is 0.335 e. The second-order valence-corrected chi connectivity index (χ2v) is 5.79. The van der Waals surface area contributed by atoms with Gasteiger partial charge in [-0.05, 0) is 50.3 Å². The number of hydrogen-bond acceptors (Lipinski definition) is 4. The van der Waals surface area contributed by atoms with E-state index in [0.717, 1.165) is 42.7 Å². The fourth-order valence-electron chi connectivity index (χ4n) is 2.85. The maximum Gasteiger partial charge on any atom is 0.335 e. The summed E-state index contributed by atoms with van der Waals surface area (Å²) < 4.78 is 10.4. The van der Waals surface area contributed by atoms with Crippen LogP contribution in [0.2, 0.25) is 0 Å². The SMILES string of the molecule is CCOC(=O)/C1=C(\NCc2ccc(OC)cc2)CCCCCC1. The molecule has 0 saturated carbocycles. The maximum absolute atomic E-state index is 12.2. The van der Waals surface area contributed by atoms with Crippen LogP contribution in [0.25, 0.3) is 0 Å². The van der Waals surface area contributed by atoms with E-state index in [4.69, 9.17) is 9.47 Å². The van der Waals surface area contributed by atoms with E-state index in [1.54, 1.807) is 7.11 Å². The Morgan fingerprint density at radius 1 is 1.09 bits per heavy atom. The number of benzene rings is 1. The maximum atomic E-state index is 12.2. The average Bonchev–Trinajstić information content (AvgIpc) is 2.54. The van der Waals surface area contributed by atoms with Crippen molar-refractivity contribution in [1.82, 2.24) is 5.32 Å². The van der Waals surface area contributed by atoms with Crippen molar-refractivity contribution in [2.45, 2.75) is 52.0 Å². The summed E-state index contributed by atoms with van der Waals surface area (Å²) in [5.74, 6) is 0.692. The van der Waals surface area contributed by atoms with Gasteiger partial charge in [0.25, 0.3) is 0 Å². The quantitative estimate of drug-likeness (QED) is 0.807. The van der Waals surface area contributed by atoms with Gasteiger partial charge in [0.1, 0.15) is 5.75 Å². The summed E-state index contributed by atoms with van der Waals surface area (Å²) in [6.07, 6.45) is 6.32. The van der Waals surface area contributed by atoms with Gasteiger partial charge in [-0.25, -0.2) is 4.79 Å². The van der Waals surface area contributed by atoms with Gasteiger partial charge >= 0.3 is 5.97 Å². The summed E-state index contributed by atoms with van der Waals surface area (Å²) >= 11 is 0. The second-order valence-electron chi connectivity index (χ2n) is 5.79. The number of carbonyl (C=O) groups is 1. The zero-order valence-corrected chi connectivity index (χ0v) is 14.2. The molecule has 1 N–H and O–H groups in total. The molecule has 0 radical (unpaired) electrons. The van der Waals surface area contributed by atoms with Crippen LogP contribution in [-0.4, -0.2) is 19.7 Å². The highest BCUT2D eigenvalue weighted by atomic mass is 16.5. The number of allylic oxidation sites excluding steroid dienone is 1. The van der Waals surface area contributed by atoms with Gasteiger partial charge in [-0.3, -0.25) is 0 Å². The lowest BCUT2D eigenvalue weighted by Gasteiger charge is -2.19. The van der Waals surface area contributed by atoms with Crippen LogP contribution in [0.1, 0.15) is 51.0 Å². The van der Waals surface area contributed by atoms with Crippen LogP contribution >= 0.6 is 0 Å². The normalized spacial score (nSPS) is 18.7. The van der Waals surface area contributed by atoms with Gasteiger partial charge in [0.05, 0.1) is 19.3 Å². The van der Waals surface area contributed by atoms with Crippen molar-refractivity contribution >= 4 is 5.97 Å². The highest BCUT2D eigenvalue weighted by molar-refractivity contribution is 5.89. The molecule has 0 unspecified atom stereocenters. The first-order valence-corrected chi connectivity index (χ1v) is 8.50. The minimum atomic E-state index is -0.161. The highest BCUT2D eigenvalue weighted by Gasteiger charge is 2.18. The Balaban J connectivity index is 2.09. The third-order valence-corrected chi connectivity index (χ3v) is 4.15. The van der Waals surface area contributed by atoms with Crippen molar-refractivity contribution in [1.29, 1.82) is 0 Å². The van der Waals surface area contributed by atoms with Gasteiger partial charge in [0, 0.05) is 12.2 Å². The Morgan fingerprint density at radius 2 is 1.78 bits per heavy atom. The van der Waals surface area contributed by atoms with Crippen molar-refractivity contribution in [3.8, 4) is 5.75 Å². The summed E-state index contributed by atoms with van der Waals surface area (Å²) in [7, 11) is 1.66. The number of nitrogens with one attached hydrogen (secondary N) is 1. The number of ether oxygens (including phenoxy) is 2. The minimum absolute atomic E-state index is 0.161. The summed E-state index contributed by atoms with van der Waals surface area (Å²) in [5.41, 5.74) is 3.06. The topological polar surface area (TPSA) is 47.6 Å². The number of methoxy groups -OCH3 is 1. The zero-order valence-electron chi connectivity index (χ0n) is 14.2. The van der Waals surface area contributed by atoms with Crippen LogP contribution in [-0.2, 0) is 16.1 Å². The molecule has 126 valence electrons. The van der Waals surface area contributed by atoms with Crippen LogP contribution < -0.4 is 10.1 Å². The second kappa shape index (κ2) is 9.23. The standard InChI is InChI=1S/C19H27NO3/c1-3-23-19(21)17-8-6-4-5-7-9-18(17)20-14-15-10-12-16(22-2)13-11-15/h10-13,20H,3-9,14H2,1-2H3/b18-17-. The molecule has 0 atom stereocenters. The van der Waals surface area contributed by atoms with Gasteiger partial charge in [-0.1, -0.05) is 25.0 Å². The molecular weight excluding hydrogens is 290 g/mol. The first kappa shape index (κ1) is 17.4. The minimum Gasteiger partial charge on any atom is -0.497 e. The Hall–Kier alpha value is -1.97. The Kier molecular flexibility index (Phi) is 6.98. The average molecular weight is 317 g/mol. The molecule has 1 aliphatic carbocycles. The molecule has 1 aromatic rings. The van der Waals surface area contributed by atoms with E-state index in [1.807, 2.05) is 31.2 Å². The summed E-state index contributed by atoms with van der Waals surface area (Å²) in [5, 5.41) is 3.47. The van der Waals surface area contributed by atoms with Crippen molar-refractivity contribution in [3.63, 3.8) is 0 Å². The number of carbonyl (C=O) groups excluding carboxylic acids is 1. The molecule has 1 aliphatic rings. The van der Waals surface area contributed by atoms with E-state index in [0.29, 0.717) is 13.2 Å². The first-order chi connectivity index (χ1) is 11.2. The molecule has 4 nitrogen and oxygen atoms in total. The van der Waals surface area contributed by atoms with Gasteiger partial charge in [0.2, 0.25) is 0 Å². The zero-order chi connectivity index (χ0) is 16.5. The van der Waals surface area contributed by atoms with E-state index in [2.05, 4.69) is 5.32 Å². The monoisotopic (exact) mass is 317 g/mol. The van der Waals surface area contributed by atoms with Crippen LogP contribution in [0.15, 0.2) is 35.5 Å². The Labute approximate surface area is 138 Å². The molecule has 0 spiro atoms. The molecular formula is C19H27NO3. The lowest BCUT2D eigenvalue weighted by atomic mass is 9.97. The largest absolute Gasteiger partial charge is 0.497 e. The van der Waals surface area contributed by atoms with Crippen molar-refractivity contribution < 1.29 is 14.3 Å². The summed E-state index contributed by atoms with van der Waals surface area (Å²) in [6, 6.07) is 7.99. The van der Waals surface area contributed by atoms with Crippen molar-refractivity contribution in [2.75, 3.05) is 13.7 Å². The van der Waals surface area contributed by atoms with Gasteiger partial charge in [-0.2, -0.15) is 0 Å². The predicted octanol–water partition coefficient (Wildman–Crippen LogP) is 3.96. The lowest BCUT2D eigenvalue weighted by Crippen LogP contribution is -2.21. The third kappa shape index (κ3) is 5.31. The van der Waals surface area contributed by atoms with Crippen LogP contribution in [0.3, 0.4) is 0 Å². The molecule has 0 heterocycles. The highest BCUT2D eigenvalue weighted by Crippen LogP contribution is 2.23. The van der Waals surface area contributed by atoms with Gasteiger partial charge < -0.3 is 14.8 Å². The summed E-state index contributed by atoms with van der Waals surface area (Å²) in [6.45, 7) is 2.99. The molecule has 0 fully saturated rings. The van der Waals surface area contributed by atoms with Crippen LogP contribution in [0, 0.1) is 0 Å². The van der Waals surface area contributed by atoms with Crippen LogP contribution in [0.5, 0.6) is 5.75 Å². The van der Waals surface area contributed by atoms with E-state index < -0.39 is 0 Å². The van der Waals surface area contributed by atoms with Crippen molar-refractivity contribution in [3.05, 3.63) is 41.1 Å². The first-order valence-electron chi connectivity index (χ1n) is 8.50. The molecule has 4 heteroatoms. The van der Waals surface area contributed by atoms with Gasteiger partial charge in [-0.15, -0.1) is 0 Å². The molecule has 0 aliphatic heterocycles. The molecule has 0 amide bonds. The fourth-order valence-corrected chi connectivity index (χ4v) is 2.85. The lowest BCUT2D eigenvalue weighted by molar-refractivity contribution is -0.138. The fraction of sp³-hybridized carbons (Fsp3) is 0.526. The summed E-state index contributed by atoms with van der Waals surface area (Å²) in [4.78, 5) is 12.2. The molecule has 2 rings (SSSR count). The number of hydrogen-bond donors (Lipinski definition) is 1. The number of esters is 1. The van der Waals surface area contributed by atoms with Crippen LogP contribution in [0.4, 0.5) is 0 Å². The molecule has 1 aromatic carbocycles. The number of rotatable bonds is 6. The van der Waals surface area contributed by atoms with E-state index >= 15 is 0 Å². The predicted molar refractivity (Wildman–Crippen MR) is 91.2 cm³/mol. The van der Waals surface area contributed by atoms with E-state index in [-0.39, 0.29) is 5.97 Å².